The highest BCUT2D eigenvalue weighted by Gasteiger charge is 2.11. The summed E-state index contributed by atoms with van der Waals surface area (Å²) < 4.78 is 0. The molecule has 5 nitrogen and oxygen atoms in total. The lowest BCUT2D eigenvalue weighted by molar-refractivity contribution is -0.131. The SMILES string of the molecule is CC(C)(C)CCNC(=O)c1cncc(/C=C/C(=O)O)c1. The van der Waals surface area contributed by atoms with Gasteiger partial charge in [0.2, 0.25) is 0 Å². The van der Waals surface area contributed by atoms with Gasteiger partial charge in [-0.05, 0) is 29.5 Å². The zero-order valence-electron chi connectivity index (χ0n) is 12.0. The first-order chi connectivity index (χ1) is 9.28. The van der Waals surface area contributed by atoms with E-state index < -0.39 is 5.97 Å². The van der Waals surface area contributed by atoms with Crippen molar-refractivity contribution in [2.45, 2.75) is 27.2 Å². The van der Waals surface area contributed by atoms with E-state index in [-0.39, 0.29) is 11.3 Å². The second-order valence-electron chi connectivity index (χ2n) is 5.75. The molecule has 0 radical (unpaired) electrons. The average molecular weight is 276 g/mol. The Morgan fingerprint density at radius 1 is 1.35 bits per heavy atom. The molecule has 1 aromatic heterocycles. The number of carboxylic acids is 1. The van der Waals surface area contributed by atoms with Gasteiger partial charge in [0, 0.05) is 25.0 Å². The molecule has 0 aromatic carbocycles. The van der Waals surface area contributed by atoms with E-state index in [1.165, 1.54) is 18.5 Å². The number of nitrogens with zero attached hydrogens (tertiary/aromatic N) is 1. The molecule has 0 aliphatic carbocycles. The van der Waals surface area contributed by atoms with Crippen molar-refractivity contribution in [2.24, 2.45) is 5.41 Å². The Morgan fingerprint density at radius 2 is 2.05 bits per heavy atom. The average Bonchev–Trinajstić information content (AvgIpc) is 2.35. The third-order valence-electron chi connectivity index (χ3n) is 2.60. The van der Waals surface area contributed by atoms with E-state index in [0.717, 1.165) is 12.5 Å². The summed E-state index contributed by atoms with van der Waals surface area (Å²) in [5, 5.41) is 11.4. The fourth-order valence-electron chi connectivity index (χ4n) is 1.49. The lowest BCUT2D eigenvalue weighted by atomic mass is 9.92. The van der Waals surface area contributed by atoms with Crippen LogP contribution >= 0.6 is 0 Å². The van der Waals surface area contributed by atoms with Crippen LogP contribution in [0.4, 0.5) is 0 Å². The van der Waals surface area contributed by atoms with Gasteiger partial charge < -0.3 is 10.4 Å². The Labute approximate surface area is 118 Å². The summed E-state index contributed by atoms with van der Waals surface area (Å²) >= 11 is 0. The van der Waals surface area contributed by atoms with E-state index in [1.807, 2.05) is 0 Å². The van der Waals surface area contributed by atoms with Crippen LogP contribution < -0.4 is 5.32 Å². The molecule has 0 fully saturated rings. The Kier molecular flexibility index (Phi) is 5.43. The number of amides is 1. The predicted molar refractivity (Wildman–Crippen MR) is 77.3 cm³/mol. The zero-order valence-corrected chi connectivity index (χ0v) is 12.0. The number of carbonyl (C=O) groups is 2. The lowest BCUT2D eigenvalue weighted by Crippen LogP contribution is -2.27. The van der Waals surface area contributed by atoms with Gasteiger partial charge in [-0.2, -0.15) is 0 Å². The number of hydrogen-bond acceptors (Lipinski definition) is 3. The van der Waals surface area contributed by atoms with Crippen LogP contribution in [0.15, 0.2) is 24.5 Å². The van der Waals surface area contributed by atoms with Crippen LogP contribution in [0, 0.1) is 5.41 Å². The van der Waals surface area contributed by atoms with Crippen LogP contribution in [-0.2, 0) is 4.79 Å². The zero-order chi connectivity index (χ0) is 15.2. The summed E-state index contributed by atoms with van der Waals surface area (Å²) in [6.07, 6.45) is 6.26. The third kappa shape index (κ3) is 6.13. The molecule has 108 valence electrons. The van der Waals surface area contributed by atoms with Gasteiger partial charge in [-0.15, -0.1) is 0 Å². The van der Waals surface area contributed by atoms with Crippen LogP contribution in [0.2, 0.25) is 0 Å². The molecule has 0 aliphatic heterocycles. The summed E-state index contributed by atoms with van der Waals surface area (Å²) in [6, 6.07) is 1.61. The van der Waals surface area contributed by atoms with E-state index in [9.17, 15) is 9.59 Å². The van der Waals surface area contributed by atoms with Gasteiger partial charge in [-0.3, -0.25) is 9.78 Å². The number of aromatic nitrogens is 1. The maximum absolute atomic E-state index is 11.9. The standard InChI is InChI=1S/C15H20N2O3/c1-15(2,3)6-7-17-14(20)12-8-11(9-16-10-12)4-5-13(18)19/h4-5,8-10H,6-7H2,1-3H3,(H,17,20)(H,18,19)/b5-4+. The minimum Gasteiger partial charge on any atom is -0.478 e. The highest BCUT2D eigenvalue weighted by Crippen LogP contribution is 2.17. The molecule has 1 amide bonds. The fourth-order valence-corrected chi connectivity index (χ4v) is 1.49. The molecule has 0 aliphatic rings. The first-order valence-corrected chi connectivity index (χ1v) is 6.42. The largest absolute Gasteiger partial charge is 0.478 e. The van der Waals surface area contributed by atoms with Gasteiger partial charge in [0.05, 0.1) is 5.56 Å². The molecule has 0 unspecified atom stereocenters. The van der Waals surface area contributed by atoms with Crippen LogP contribution in [0.5, 0.6) is 0 Å². The van der Waals surface area contributed by atoms with Crippen molar-refractivity contribution >= 4 is 18.0 Å². The lowest BCUT2D eigenvalue weighted by Gasteiger charge is -2.17. The van der Waals surface area contributed by atoms with Crippen molar-refractivity contribution < 1.29 is 14.7 Å². The van der Waals surface area contributed by atoms with Crippen molar-refractivity contribution in [3.63, 3.8) is 0 Å². The van der Waals surface area contributed by atoms with Crippen LogP contribution in [0.1, 0.15) is 43.1 Å². The monoisotopic (exact) mass is 276 g/mol. The van der Waals surface area contributed by atoms with Gasteiger partial charge in [-0.25, -0.2) is 4.79 Å². The Balaban J connectivity index is 2.65. The minimum atomic E-state index is -1.04. The van der Waals surface area contributed by atoms with Crippen molar-refractivity contribution in [3.05, 3.63) is 35.7 Å². The molecule has 0 saturated heterocycles. The molecular weight excluding hydrogens is 256 g/mol. The van der Waals surface area contributed by atoms with Crippen molar-refractivity contribution in [2.75, 3.05) is 6.54 Å². The number of aliphatic carboxylic acids is 1. The number of pyridine rings is 1. The molecule has 0 bridgehead atoms. The number of rotatable bonds is 5. The highest BCUT2D eigenvalue weighted by molar-refractivity contribution is 5.94. The van der Waals surface area contributed by atoms with Gasteiger partial charge in [-0.1, -0.05) is 20.8 Å². The number of nitrogens with one attached hydrogen (secondary N) is 1. The van der Waals surface area contributed by atoms with E-state index >= 15 is 0 Å². The number of hydrogen-bond donors (Lipinski definition) is 2. The molecule has 2 N–H and O–H groups in total. The topological polar surface area (TPSA) is 79.3 Å². The highest BCUT2D eigenvalue weighted by atomic mass is 16.4. The summed E-state index contributed by atoms with van der Waals surface area (Å²) in [6.45, 7) is 6.92. The van der Waals surface area contributed by atoms with E-state index in [0.29, 0.717) is 17.7 Å². The Hall–Kier alpha value is -2.17. The third-order valence-corrected chi connectivity index (χ3v) is 2.60. The van der Waals surface area contributed by atoms with Crippen molar-refractivity contribution in [3.8, 4) is 0 Å². The summed E-state index contributed by atoms with van der Waals surface area (Å²) in [5.74, 6) is -1.24. The molecule has 5 heteroatoms. The second kappa shape index (κ2) is 6.84. The van der Waals surface area contributed by atoms with E-state index in [2.05, 4.69) is 31.1 Å². The first kappa shape index (κ1) is 15.9. The quantitative estimate of drug-likeness (QED) is 0.809. The molecule has 1 rings (SSSR count). The smallest absolute Gasteiger partial charge is 0.328 e. The van der Waals surface area contributed by atoms with Crippen molar-refractivity contribution in [1.29, 1.82) is 0 Å². The molecule has 1 heterocycles. The molecule has 0 spiro atoms. The molecule has 20 heavy (non-hydrogen) atoms. The molecule has 0 atom stereocenters. The minimum absolute atomic E-state index is 0.164. The molecule has 1 aromatic rings. The Bertz CT molecular complexity index is 516. The van der Waals surface area contributed by atoms with Crippen molar-refractivity contribution in [1.82, 2.24) is 10.3 Å². The van der Waals surface area contributed by atoms with Gasteiger partial charge in [0.1, 0.15) is 0 Å². The second-order valence-corrected chi connectivity index (χ2v) is 5.75. The number of carbonyl (C=O) groups excluding carboxylic acids is 1. The summed E-state index contributed by atoms with van der Waals surface area (Å²) in [7, 11) is 0. The normalized spacial score (nSPS) is 11.6. The molecular formula is C15H20N2O3. The summed E-state index contributed by atoms with van der Waals surface area (Å²) in [5.41, 5.74) is 1.17. The van der Waals surface area contributed by atoms with E-state index in [4.69, 9.17) is 5.11 Å². The maximum atomic E-state index is 11.9. The van der Waals surface area contributed by atoms with E-state index in [1.54, 1.807) is 6.07 Å². The van der Waals surface area contributed by atoms with Crippen LogP contribution in [0.25, 0.3) is 6.08 Å². The summed E-state index contributed by atoms with van der Waals surface area (Å²) in [4.78, 5) is 26.3. The van der Waals surface area contributed by atoms with Gasteiger partial charge in [0.25, 0.3) is 5.91 Å². The number of carboxylic acid groups (broad SMARTS) is 1. The maximum Gasteiger partial charge on any atom is 0.328 e. The van der Waals surface area contributed by atoms with Gasteiger partial charge >= 0.3 is 5.97 Å². The van der Waals surface area contributed by atoms with Gasteiger partial charge in [0.15, 0.2) is 0 Å². The molecule has 0 saturated carbocycles. The predicted octanol–water partition coefficient (Wildman–Crippen LogP) is 2.35. The van der Waals surface area contributed by atoms with Crippen LogP contribution in [0.3, 0.4) is 0 Å². The Morgan fingerprint density at radius 3 is 2.65 bits per heavy atom. The fraction of sp³-hybridized carbons (Fsp3) is 0.400. The first-order valence-electron chi connectivity index (χ1n) is 6.42. The van der Waals surface area contributed by atoms with Crippen LogP contribution in [-0.4, -0.2) is 28.5 Å².